The molecule has 2 atom stereocenters. The monoisotopic (exact) mass is 547 g/mol. The highest BCUT2D eigenvalue weighted by molar-refractivity contribution is 5.95. The van der Waals surface area contributed by atoms with E-state index >= 15 is 0 Å². The van der Waals surface area contributed by atoms with Crippen molar-refractivity contribution in [3.63, 3.8) is 0 Å². The van der Waals surface area contributed by atoms with Crippen LogP contribution < -0.4 is 15.5 Å². The van der Waals surface area contributed by atoms with E-state index in [2.05, 4.69) is 41.5 Å². The largest absolute Gasteiger partial charge is 0.445 e. The van der Waals surface area contributed by atoms with Gasteiger partial charge >= 0.3 is 6.09 Å². The van der Waals surface area contributed by atoms with E-state index in [1.165, 1.54) is 5.56 Å². The van der Waals surface area contributed by atoms with Gasteiger partial charge in [-0.2, -0.15) is 0 Å². The fourth-order valence-electron chi connectivity index (χ4n) is 4.73. The van der Waals surface area contributed by atoms with Gasteiger partial charge in [-0.1, -0.05) is 88.4 Å². The molecule has 1 heterocycles. The van der Waals surface area contributed by atoms with E-state index in [-0.39, 0.29) is 24.9 Å². The third-order valence-corrected chi connectivity index (χ3v) is 7.00. The van der Waals surface area contributed by atoms with Crippen molar-refractivity contribution in [2.45, 2.75) is 78.5 Å². The Bertz CT molecular complexity index is 1130. The zero-order chi connectivity index (χ0) is 28.9. The molecule has 0 bridgehead atoms. The van der Waals surface area contributed by atoms with Crippen molar-refractivity contribution in [2.75, 3.05) is 18.0 Å². The Morgan fingerprint density at radius 2 is 1.62 bits per heavy atom. The van der Waals surface area contributed by atoms with Gasteiger partial charge in [0.05, 0.1) is 12.6 Å². The fraction of sp³-hybridized carbons (Fsp3) is 0.485. The molecule has 1 aliphatic heterocycles. The van der Waals surface area contributed by atoms with Gasteiger partial charge in [-0.25, -0.2) is 4.79 Å². The number of nitrogens with zero attached hydrogens (tertiary/aromatic N) is 1. The number of ketones is 1. The van der Waals surface area contributed by atoms with Crippen molar-refractivity contribution in [3.05, 3.63) is 77.9 Å². The van der Waals surface area contributed by atoms with Crippen molar-refractivity contribution >= 4 is 23.5 Å². The van der Waals surface area contributed by atoms with E-state index in [9.17, 15) is 14.4 Å². The fourth-order valence-corrected chi connectivity index (χ4v) is 4.73. The SMILES string of the molecule is CC(C)/C=C/C(NC(=O)OCc1ccccc1)C(=O)N[C@@H](CCC(C)C)C(=O)CN1CCCCc2ccccc21. The molecule has 2 aromatic rings. The third-order valence-electron chi connectivity index (χ3n) is 7.00. The van der Waals surface area contributed by atoms with E-state index in [1.807, 2.05) is 62.4 Å². The van der Waals surface area contributed by atoms with Crippen LogP contribution in [0.2, 0.25) is 0 Å². The second-order valence-corrected chi connectivity index (χ2v) is 11.3. The first-order chi connectivity index (χ1) is 19.2. The molecule has 7 nitrogen and oxygen atoms in total. The number of carbonyl (C=O) groups is 3. The second-order valence-electron chi connectivity index (χ2n) is 11.3. The number of rotatable bonds is 13. The van der Waals surface area contributed by atoms with Crippen molar-refractivity contribution < 1.29 is 19.1 Å². The van der Waals surface area contributed by atoms with Gasteiger partial charge in [0.25, 0.3) is 0 Å². The Kier molecular flexibility index (Phi) is 12.3. The topological polar surface area (TPSA) is 87.7 Å². The van der Waals surface area contributed by atoms with Crippen molar-refractivity contribution in [1.29, 1.82) is 0 Å². The minimum absolute atomic E-state index is 0.0241. The number of nitrogens with one attached hydrogen (secondary N) is 2. The van der Waals surface area contributed by atoms with E-state index in [4.69, 9.17) is 4.74 Å². The lowest BCUT2D eigenvalue weighted by molar-refractivity contribution is -0.128. The number of hydrogen-bond donors (Lipinski definition) is 2. The number of Topliss-reactive ketones (excluding diaryl/α,β-unsaturated/α-hetero) is 1. The summed E-state index contributed by atoms with van der Waals surface area (Å²) >= 11 is 0. The zero-order valence-electron chi connectivity index (χ0n) is 24.4. The summed E-state index contributed by atoms with van der Waals surface area (Å²) in [5.41, 5.74) is 3.21. The molecule has 0 fully saturated rings. The van der Waals surface area contributed by atoms with Crippen LogP contribution in [-0.2, 0) is 27.4 Å². The maximum absolute atomic E-state index is 13.7. The molecule has 0 aliphatic carbocycles. The zero-order valence-corrected chi connectivity index (χ0v) is 24.4. The van der Waals surface area contributed by atoms with Gasteiger partial charge in [0.15, 0.2) is 5.78 Å². The van der Waals surface area contributed by atoms with Gasteiger partial charge in [0.1, 0.15) is 12.6 Å². The van der Waals surface area contributed by atoms with Gasteiger partial charge in [-0.05, 0) is 61.1 Å². The molecule has 1 aliphatic rings. The average Bonchev–Trinajstić information content (AvgIpc) is 3.14. The van der Waals surface area contributed by atoms with Crippen LogP contribution in [0, 0.1) is 11.8 Å². The number of aryl methyl sites for hydroxylation is 1. The number of allylic oxidation sites excluding steroid dienone is 1. The third kappa shape index (κ3) is 10.2. The first kappa shape index (κ1) is 30.9. The quantitative estimate of drug-likeness (QED) is 0.308. The Labute approximate surface area is 239 Å². The Morgan fingerprint density at radius 3 is 2.35 bits per heavy atom. The van der Waals surface area contributed by atoms with E-state index < -0.39 is 24.1 Å². The minimum atomic E-state index is -0.959. The van der Waals surface area contributed by atoms with Crippen LogP contribution in [0.3, 0.4) is 0 Å². The highest BCUT2D eigenvalue weighted by atomic mass is 16.5. The van der Waals surface area contributed by atoms with Crippen molar-refractivity contribution in [2.24, 2.45) is 11.8 Å². The molecule has 40 heavy (non-hydrogen) atoms. The Hall–Kier alpha value is -3.61. The molecule has 0 radical (unpaired) electrons. The number of fused-ring (bicyclic) bond motifs is 1. The van der Waals surface area contributed by atoms with Crippen LogP contribution in [0.1, 0.15) is 64.5 Å². The second kappa shape index (κ2) is 15.8. The molecular weight excluding hydrogens is 502 g/mol. The average molecular weight is 548 g/mol. The molecule has 2 N–H and O–H groups in total. The number of carbonyl (C=O) groups excluding carboxylic acids is 3. The minimum Gasteiger partial charge on any atom is -0.445 e. The number of hydrogen-bond acceptors (Lipinski definition) is 5. The van der Waals surface area contributed by atoms with Crippen LogP contribution in [0.5, 0.6) is 0 Å². The first-order valence-electron chi connectivity index (χ1n) is 14.5. The molecule has 2 aromatic carbocycles. The molecule has 3 rings (SSSR count). The summed E-state index contributed by atoms with van der Waals surface area (Å²) < 4.78 is 5.36. The van der Waals surface area contributed by atoms with E-state index in [0.717, 1.165) is 43.5 Å². The standard InChI is InChI=1S/C33H45N3O4/c1-24(2)17-19-28(31(37)22-36-21-11-10-15-27-14-8-9-16-30(27)36)34-32(38)29(20-18-25(3)4)35-33(39)40-23-26-12-6-5-7-13-26/h5-9,12-14,16,18,20,24-25,28-29H,10-11,15,17,19,21-23H2,1-4H3,(H,34,38)(H,35,39)/b20-18+/t28-,29?/m0/s1. The number of anilines is 1. The smallest absolute Gasteiger partial charge is 0.408 e. The van der Waals surface area contributed by atoms with Crippen molar-refractivity contribution in [3.8, 4) is 0 Å². The lowest BCUT2D eigenvalue weighted by Gasteiger charge is -2.28. The van der Waals surface area contributed by atoms with Crippen LogP contribution in [0.15, 0.2) is 66.7 Å². The van der Waals surface area contributed by atoms with Gasteiger partial charge in [0.2, 0.25) is 5.91 Å². The summed E-state index contributed by atoms with van der Waals surface area (Å²) in [6.07, 6.45) is 7.28. The molecule has 0 saturated heterocycles. The van der Waals surface area contributed by atoms with Gasteiger partial charge in [-0.3, -0.25) is 9.59 Å². The summed E-state index contributed by atoms with van der Waals surface area (Å²) in [4.78, 5) is 41.9. The van der Waals surface area contributed by atoms with Crippen LogP contribution >= 0.6 is 0 Å². The normalized spacial score (nSPS) is 14.9. The Balaban J connectivity index is 1.71. The maximum Gasteiger partial charge on any atom is 0.408 e. The van der Waals surface area contributed by atoms with Crippen LogP contribution in [-0.4, -0.2) is 43.0 Å². The molecule has 0 spiro atoms. The highest BCUT2D eigenvalue weighted by Gasteiger charge is 2.28. The molecule has 1 unspecified atom stereocenters. The maximum atomic E-state index is 13.7. The summed E-state index contributed by atoms with van der Waals surface area (Å²) in [6, 6.07) is 16.0. The summed E-state index contributed by atoms with van der Waals surface area (Å²) in [7, 11) is 0. The van der Waals surface area contributed by atoms with Gasteiger partial charge < -0.3 is 20.3 Å². The Morgan fingerprint density at radius 1 is 0.900 bits per heavy atom. The lowest BCUT2D eigenvalue weighted by Crippen LogP contribution is -2.52. The number of benzene rings is 2. The predicted molar refractivity (Wildman–Crippen MR) is 160 cm³/mol. The van der Waals surface area contributed by atoms with Gasteiger partial charge in [0, 0.05) is 12.2 Å². The number of para-hydroxylation sites is 1. The molecule has 0 saturated carbocycles. The summed E-state index contributed by atoms with van der Waals surface area (Å²) in [5, 5.41) is 5.64. The predicted octanol–water partition coefficient (Wildman–Crippen LogP) is 5.83. The lowest BCUT2D eigenvalue weighted by atomic mass is 9.99. The molecular formula is C33H45N3O4. The van der Waals surface area contributed by atoms with Crippen molar-refractivity contribution in [1.82, 2.24) is 10.6 Å². The van der Waals surface area contributed by atoms with Crippen LogP contribution in [0.4, 0.5) is 10.5 Å². The molecule has 7 heteroatoms. The highest BCUT2D eigenvalue weighted by Crippen LogP contribution is 2.26. The number of amides is 2. The summed E-state index contributed by atoms with van der Waals surface area (Å²) in [5.74, 6) is 0.114. The van der Waals surface area contributed by atoms with Gasteiger partial charge in [-0.15, -0.1) is 0 Å². The number of ether oxygens (including phenoxy) is 1. The molecule has 0 aromatic heterocycles. The van der Waals surface area contributed by atoms with E-state index in [1.54, 1.807) is 6.08 Å². The molecule has 2 amide bonds. The van der Waals surface area contributed by atoms with E-state index in [0.29, 0.717) is 12.3 Å². The number of alkyl carbamates (subject to hydrolysis) is 1. The first-order valence-corrected chi connectivity index (χ1v) is 14.5. The van der Waals surface area contributed by atoms with Crippen LogP contribution in [0.25, 0.3) is 0 Å². The summed E-state index contributed by atoms with van der Waals surface area (Å²) in [6.45, 7) is 9.34. The molecule has 216 valence electrons.